The van der Waals surface area contributed by atoms with Gasteiger partial charge in [-0.15, -0.1) is 0 Å². The van der Waals surface area contributed by atoms with Crippen molar-refractivity contribution in [2.45, 2.75) is 26.2 Å². The summed E-state index contributed by atoms with van der Waals surface area (Å²) in [4.78, 5) is 21.8. The Hall–Kier alpha value is -4.19. The zero-order valence-electron chi connectivity index (χ0n) is 20.8. The molecule has 5 heterocycles. The van der Waals surface area contributed by atoms with Crippen molar-refractivity contribution in [1.82, 2.24) is 29.2 Å². The molecule has 9 nitrogen and oxygen atoms in total. The summed E-state index contributed by atoms with van der Waals surface area (Å²) in [5.41, 5.74) is 4.67. The van der Waals surface area contributed by atoms with Crippen molar-refractivity contribution in [2.24, 2.45) is 18.0 Å². The first-order valence-corrected chi connectivity index (χ1v) is 12.3. The molecule has 3 aromatic heterocycles. The quantitative estimate of drug-likeness (QED) is 0.315. The maximum atomic E-state index is 12.8. The predicted octanol–water partition coefficient (Wildman–Crippen LogP) is 3.50. The SMILES string of the molecule is C=C/C(=C\N=C(C)N1CC[C@@H](C(=O)N2CCCC2)C1)c1cc(-c2cnn(C)c2)cn2ncc(C#N)c12. The highest BCUT2D eigenvalue weighted by Crippen LogP contribution is 2.30. The summed E-state index contributed by atoms with van der Waals surface area (Å²) in [7, 11) is 1.87. The first kappa shape index (κ1) is 23.5. The van der Waals surface area contributed by atoms with Crippen LogP contribution in [0.3, 0.4) is 0 Å². The summed E-state index contributed by atoms with van der Waals surface area (Å²) < 4.78 is 3.47. The largest absolute Gasteiger partial charge is 0.359 e. The van der Waals surface area contributed by atoms with Gasteiger partial charge in [0.1, 0.15) is 11.9 Å². The van der Waals surface area contributed by atoms with E-state index in [1.165, 1.54) is 0 Å². The van der Waals surface area contributed by atoms with E-state index in [-0.39, 0.29) is 11.8 Å². The molecule has 184 valence electrons. The van der Waals surface area contributed by atoms with Gasteiger partial charge in [0.05, 0.1) is 29.4 Å². The maximum absolute atomic E-state index is 12.8. The molecule has 9 heteroatoms. The van der Waals surface area contributed by atoms with Gasteiger partial charge in [-0.25, -0.2) is 9.51 Å². The van der Waals surface area contributed by atoms with Gasteiger partial charge in [0.15, 0.2) is 0 Å². The second kappa shape index (κ2) is 9.82. The molecular formula is C27H30N8O. The normalized spacial score (nSPS) is 18.8. The van der Waals surface area contributed by atoms with Crippen LogP contribution in [-0.4, -0.2) is 67.1 Å². The van der Waals surface area contributed by atoms with E-state index in [9.17, 15) is 10.1 Å². The Morgan fingerprint density at radius 2 is 1.97 bits per heavy atom. The molecule has 0 unspecified atom stereocenters. The molecule has 0 N–H and O–H groups in total. The number of amides is 1. The molecule has 5 rings (SSSR count). The summed E-state index contributed by atoms with van der Waals surface area (Å²) in [6.07, 6.45) is 13.8. The number of aryl methyl sites for hydroxylation is 1. The number of nitriles is 1. The Labute approximate surface area is 210 Å². The van der Waals surface area contributed by atoms with Gasteiger partial charge in [-0.05, 0) is 32.3 Å². The van der Waals surface area contributed by atoms with Gasteiger partial charge in [-0.2, -0.15) is 15.5 Å². The molecule has 2 fully saturated rings. The van der Waals surface area contributed by atoms with E-state index < -0.39 is 0 Å². The third kappa shape index (κ3) is 4.42. The van der Waals surface area contributed by atoms with Crippen molar-refractivity contribution in [1.29, 1.82) is 5.26 Å². The molecule has 0 aromatic carbocycles. The van der Waals surface area contributed by atoms with Crippen molar-refractivity contribution in [3.05, 3.63) is 60.8 Å². The fourth-order valence-electron chi connectivity index (χ4n) is 5.08. The van der Waals surface area contributed by atoms with E-state index in [0.717, 1.165) is 67.0 Å². The summed E-state index contributed by atoms with van der Waals surface area (Å²) in [5.74, 6) is 1.18. The van der Waals surface area contributed by atoms with Crippen LogP contribution in [0.1, 0.15) is 37.3 Å². The van der Waals surface area contributed by atoms with Crippen LogP contribution in [0.2, 0.25) is 0 Å². The van der Waals surface area contributed by atoms with Crippen LogP contribution in [0.25, 0.3) is 22.2 Å². The highest BCUT2D eigenvalue weighted by atomic mass is 16.2. The second-order valence-corrected chi connectivity index (χ2v) is 9.44. The number of carbonyl (C=O) groups is 1. The Morgan fingerprint density at radius 3 is 2.67 bits per heavy atom. The molecular weight excluding hydrogens is 452 g/mol. The van der Waals surface area contributed by atoms with Crippen molar-refractivity contribution in [2.75, 3.05) is 26.2 Å². The predicted molar refractivity (Wildman–Crippen MR) is 139 cm³/mol. The summed E-state index contributed by atoms with van der Waals surface area (Å²) >= 11 is 0. The lowest BCUT2D eigenvalue weighted by Gasteiger charge is -2.21. The van der Waals surface area contributed by atoms with Crippen LogP contribution in [0.4, 0.5) is 0 Å². The summed E-state index contributed by atoms with van der Waals surface area (Å²) in [6, 6.07) is 4.26. The number of nitrogens with zero attached hydrogens (tertiary/aromatic N) is 8. The Morgan fingerprint density at radius 1 is 1.17 bits per heavy atom. The lowest BCUT2D eigenvalue weighted by atomic mass is 10.0. The molecule has 0 saturated carbocycles. The second-order valence-electron chi connectivity index (χ2n) is 9.44. The Bertz CT molecular complexity index is 1410. The van der Waals surface area contributed by atoms with Gasteiger partial charge in [0.25, 0.3) is 0 Å². The number of likely N-dealkylation sites (tertiary alicyclic amines) is 2. The fourth-order valence-corrected chi connectivity index (χ4v) is 5.08. The minimum Gasteiger partial charge on any atom is -0.359 e. The Kier molecular flexibility index (Phi) is 6.42. The highest BCUT2D eigenvalue weighted by Gasteiger charge is 2.32. The van der Waals surface area contributed by atoms with E-state index in [0.29, 0.717) is 17.6 Å². The first-order valence-electron chi connectivity index (χ1n) is 12.3. The van der Waals surface area contributed by atoms with Crippen molar-refractivity contribution >= 4 is 22.8 Å². The highest BCUT2D eigenvalue weighted by molar-refractivity contribution is 5.90. The molecule has 0 radical (unpaired) electrons. The molecule has 2 saturated heterocycles. The number of aromatic nitrogens is 4. The van der Waals surface area contributed by atoms with Crippen LogP contribution < -0.4 is 0 Å². The van der Waals surface area contributed by atoms with Crippen molar-refractivity contribution in [3.63, 3.8) is 0 Å². The van der Waals surface area contributed by atoms with E-state index in [4.69, 9.17) is 4.99 Å². The van der Waals surface area contributed by atoms with Gasteiger partial charge in [0, 0.05) is 74.1 Å². The lowest BCUT2D eigenvalue weighted by molar-refractivity contribution is -0.133. The van der Waals surface area contributed by atoms with Crippen LogP contribution >= 0.6 is 0 Å². The number of hydrogen-bond donors (Lipinski definition) is 0. The van der Waals surface area contributed by atoms with Crippen molar-refractivity contribution < 1.29 is 4.79 Å². The van der Waals surface area contributed by atoms with Crippen LogP contribution in [0, 0.1) is 17.2 Å². The minimum absolute atomic E-state index is 0.0388. The molecule has 36 heavy (non-hydrogen) atoms. The maximum Gasteiger partial charge on any atom is 0.227 e. The summed E-state index contributed by atoms with van der Waals surface area (Å²) in [5, 5.41) is 18.4. The zero-order valence-corrected chi connectivity index (χ0v) is 20.8. The molecule has 2 aliphatic heterocycles. The van der Waals surface area contributed by atoms with Crippen LogP contribution in [-0.2, 0) is 11.8 Å². The van der Waals surface area contributed by atoms with Crippen molar-refractivity contribution in [3.8, 4) is 17.2 Å². The average Bonchev–Trinajstić information content (AvgIpc) is 3.70. The third-order valence-electron chi connectivity index (χ3n) is 7.10. The van der Waals surface area contributed by atoms with Gasteiger partial charge in [-0.3, -0.25) is 9.48 Å². The average molecular weight is 483 g/mol. The van der Waals surface area contributed by atoms with Gasteiger partial charge in [0.2, 0.25) is 5.91 Å². The van der Waals surface area contributed by atoms with E-state index in [1.807, 2.05) is 37.3 Å². The number of rotatable bonds is 5. The molecule has 1 amide bonds. The summed E-state index contributed by atoms with van der Waals surface area (Å²) in [6.45, 7) is 9.28. The first-order chi connectivity index (χ1) is 17.5. The standard InChI is InChI=1S/C27H30N8O/c1-4-20(13-29-19(2)34-10-7-21(17-34)27(36)33-8-5-6-9-33)25-11-22(24-15-30-32(3)16-24)18-35-26(25)23(12-28)14-31-35/h4,11,13-16,18,21H,1,5-10,17H2,2-3H3/b20-13+,29-19?/t21-/m1/s1. The van der Waals surface area contributed by atoms with E-state index >= 15 is 0 Å². The molecule has 2 aliphatic rings. The number of carbonyl (C=O) groups excluding carboxylic acids is 1. The molecule has 1 atom stereocenters. The molecule has 0 aliphatic carbocycles. The van der Waals surface area contributed by atoms with Gasteiger partial charge >= 0.3 is 0 Å². The van der Waals surface area contributed by atoms with Gasteiger partial charge in [-0.1, -0.05) is 12.7 Å². The zero-order chi connectivity index (χ0) is 25.2. The topological polar surface area (TPSA) is 94.8 Å². The lowest BCUT2D eigenvalue weighted by Crippen LogP contribution is -2.36. The van der Waals surface area contributed by atoms with Crippen LogP contribution in [0.15, 0.2) is 54.7 Å². The molecule has 3 aromatic rings. The number of pyridine rings is 1. The number of allylic oxidation sites excluding steroid dienone is 2. The van der Waals surface area contributed by atoms with E-state index in [2.05, 4.69) is 27.7 Å². The monoisotopic (exact) mass is 482 g/mol. The smallest absolute Gasteiger partial charge is 0.227 e. The molecule has 0 bridgehead atoms. The van der Waals surface area contributed by atoms with Crippen LogP contribution in [0.5, 0.6) is 0 Å². The minimum atomic E-state index is 0.0388. The third-order valence-corrected chi connectivity index (χ3v) is 7.10. The number of amidine groups is 1. The molecule has 0 spiro atoms. The number of aliphatic imine (C=N–C) groups is 1. The fraction of sp³-hybridized carbons (Fsp3) is 0.370. The number of hydrogen-bond acceptors (Lipinski definition) is 5. The van der Waals surface area contributed by atoms with Gasteiger partial charge < -0.3 is 9.80 Å². The van der Waals surface area contributed by atoms with E-state index in [1.54, 1.807) is 33.9 Å². The number of fused-ring (bicyclic) bond motifs is 1. The Balaban J connectivity index is 1.45.